The molecule has 2 aliphatic heterocycles. The van der Waals surface area contributed by atoms with Crippen LogP contribution in [-0.4, -0.2) is 58.3 Å². The van der Waals surface area contributed by atoms with E-state index in [0.29, 0.717) is 11.8 Å². The fourth-order valence-corrected chi connectivity index (χ4v) is 3.93. The number of likely N-dealkylation sites (tertiary alicyclic amines) is 1. The highest BCUT2D eigenvalue weighted by Crippen LogP contribution is 2.38. The lowest BCUT2D eigenvalue weighted by Crippen LogP contribution is -2.50. The van der Waals surface area contributed by atoms with Crippen LogP contribution in [0.4, 0.5) is 0 Å². The molecular formula is C13H20N2O4. The molecule has 19 heavy (non-hydrogen) atoms. The third-order valence-electron chi connectivity index (χ3n) is 4.86. The molecule has 6 nitrogen and oxygen atoms in total. The van der Waals surface area contributed by atoms with Crippen molar-refractivity contribution in [3.05, 3.63) is 0 Å². The first-order valence-electron chi connectivity index (χ1n) is 7.02. The number of carbonyl (C=O) groups excluding carboxylic acids is 1. The van der Waals surface area contributed by atoms with Crippen LogP contribution in [0, 0.1) is 11.8 Å². The Hall–Kier alpha value is -1.14. The molecule has 0 spiro atoms. The van der Waals surface area contributed by atoms with Crippen LogP contribution in [-0.2, 0) is 9.59 Å². The number of carboxylic acids is 1. The van der Waals surface area contributed by atoms with E-state index in [0.717, 1.165) is 25.8 Å². The standard InChI is InChI=1S/C13H20N2O4/c16-8-4-10(13(18)19)15(6-8)12(17)11-9-3-1-2-7(9)5-14-11/h7-11,14,16H,1-6H2,(H,18,19)/t7?,8-,9?,10-,11?/m1/s1. The molecular weight excluding hydrogens is 248 g/mol. The minimum atomic E-state index is -1.02. The number of hydrogen-bond donors (Lipinski definition) is 3. The highest BCUT2D eigenvalue weighted by molar-refractivity contribution is 5.88. The van der Waals surface area contributed by atoms with Gasteiger partial charge in [-0.15, -0.1) is 0 Å². The normalized spacial score (nSPS) is 41.5. The van der Waals surface area contributed by atoms with Gasteiger partial charge in [-0.2, -0.15) is 0 Å². The Morgan fingerprint density at radius 1 is 1.26 bits per heavy atom. The van der Waals surface area contributed by atoms with Crippen molar-refractivity contribution in [2.75, 3.05) is 13.1 Å². The molecule has 3 rings (SSSR count). The molecule has 0 aromatic heterocycles. The quantitative estimate of drug-likeness (QED) is 0.623. The van der Waals surface area contributed by atoms with Crippen molar-refractivity contribution < 1.29 is 19.8 Å². The number of hydrogen-bond acceptors (Lipinski definition) is 4. The van der Waals surface area contributed by atoms with E-state index < -0.39 is 18.1 Å². The summed E-state index contributed by atoms with van der Waals surface area (Å²) < 4.78 is 0. The van der Waals surface area contributed by atoms with Crippen LogP contribution in [0.5, 0.6) is 0 Å². The van der Waals surface area contributed by atoms with Crippen LogP contribution >= 0.6 is 0 Å². The molecule has 2 saturated heterocycles. The number of aliphatic carboxylic acids is 1. The van der Waals surface area contributed by atoms with E-state index in [-0.39, 0.29) is 24.9 Å². The van der Waals surface area contributed by atoms with Gasteiger partial charge in [0, 0.05) is 13.0 Å². The number of carbonyl (C=O) groups is 2. The number of carboxylic acid groups (broad SMARTS) is 1. The maximum atomic E-state index is 12.5. The van der Waals surface area contributed by atoms with Crippen LogP contribution in [0.25, 0.3) is 0 Å². The van der Waals surface area contributed by atoms with E-state index in [4.69, 9.17) is 5.11 Å². The van der Waals surface area contributed by atoms with Crippen LogP contribution in [0.1, 0.15) is 25.7 Å². The van der Waals surface area contributed by atoms with Crippen molar-refractivity contribution in [3.63, 3.8) is 0 Å². The molecule has 0 aromatic carbocycles. The van der Waals surface area contributed by atoms with Gasteiger partial charge in [0.2, 0.25) is 5.91 Å². The zero-order valence-corrected chi connectivity index (χ0v) is 10.8. The lowest BCUT2D eigenvalue weighted by atomic mass is 9.93. The van der Waals surface area contributed by atoms with Crippen LogP contribution in [0.2, 0.25) is 0 Å². The smallest absolute Gasteiger partial charge is 0.326 e. The SMILES string of the molecule is O=C(O)[C@H]1C[C@@H](O)CN1C(=O)C1NCC2CCCC21. The number of aliphatic hydroxyl groups excluding tert-OH is 1. The summed E-state index contributed by atoms with van der Waals surface area (Å²) in [7, 11) is 0. The summed E-state index contributed by atoms with van der Waals surface area (Å²) in [6.45, 7) is 1.00. The Kier molecular flexibility index (Phi) is 3.22. The molecule has 0 aromatic rings. The van der Waals surface area contributed by atoms with Crippen molar-refractivity contribution in [1.82, 2.24) is 10.2 Å². The van der Waals surface area contributed by atoms with Crippen LogP contribution < -0.4 is 5.32 Å². The number of nitrogens with zero attached hydrogens (tertiary/aromatic N) is 1. The fraction of sp³-hybridized carbons (Fsp3) is 0.846. The molecule has 0 radical (unpaired) electrons. The summed E-state index contributed by atoms with van der Waals surface area (Å²) in [4.78, 5) is 25.1. The summed E-state index contributed by atoms with van der Waals surface area (Å²) in [6.07, 6.45) is 2.79. The third-order valence-corrected chi connectivity index (χ3v) is 4.86. The van der Waals surface area contributed by atoms with Crippen molar-refractivity contribution >= 4 is 11.9 Å². The Labute approximate surface area is 111 Å². The van der Waals surface area contributed by atoms with Gasteiger partial charge < -0.3 is 20.4 Å². The molecule has 1 saturated carbocycles. The lowest BCUT2D eigenvalue weighted by Gasteiger charge is -2.27. The minimum Gasteiger partial charge on any atom is -0.480 e. The van der Waals surface area contributed by atoms with Crippen molar-refractivity contribution in [1.29, 1.82) is 0 Å². The molecule has 106 valence electrons. The van der Waals surface area contributed by atoms with E-state index in [1.54, 1.807) is 0 Å². The molecule has 3 N–H and O–H groups in total. The highest BCUT2D eigenvalue weighted by atomic mass is 16.4. The third kappa shape index (κ3) is 2.12. The lowest BCUT2D eigenvalue weighted by molar-refractivity contribution is -0.149. The first-order valence-corrected chi connectivity index (χ1v) is 7.02. The van der Waals surface area contributed by atoms with Gasteiger partial charge in [-0.1, -0.05) is 6.42 Å². The van der Waals surface area contributed by atoms with Gasteiger partial charge in [0.1, 0.15) is 6.04 Å². The van der Waals surface area contributed by atoms with Crippen LogP contribution in [0.15, 0.2) is 0 Å². The average molecular weight is 268 g/mol. The molecule has 1 aliphatic carbocycles. The van der Waals surface area contributed by atoms with Crippen LogP contribution in [0.3, 0.4) is 0 Å². The predicted octanol–water partition coefficient (Wildman–Crippen LogP) is -0.579. The van der Waals surface area contributed by atoms with Gasteiger partial charge in [-0.3, -0.25) is 4.79 Å². The molecule has 1 amide bonds. The summed E-state index contributed by atoms with van der Waals surface area (Å²) in [5.74, 6) is -0.256. The average Bonchev–Trinajstić information content (AvgIpc) is 3.00. The second-order valence-electron chi connectivity index (χ2n) is 5.97. The predicted molar refractivity (Wildman–Crippen MR) is 66.4 cm³/mol. The number of fused-ring (bicyclic) bond motifs is 1. The number of amides is 1. The summed E-state index contributed by atoms with van der Waals surface area (Å²) in [6, 6.07) is -1.12. The molecule has 3 unspecified atom stereocenters. The van der Waals surface area contributed by atoms with E-state index >= 15 is 0 Å². The van der Waals surface area contributed by atoms with E-state index in [2.05, 4.69) is 5.32 Å². The number of nitrogens with one attached hydrogen (secondary N) is 1. The van der Waals surface area contributed by atoms with Crippen molar-refractivity contribution in [2.45, 2.75) is 43.9 Å². The van der Waals surface area contributed by atoms with Gasteiger partial charge >= 0.3 is 5.97 Å². The van der Waals surface area contributed by atoms with Gasteiger partial charge in [0.15, 0.2) is 0 Å². The van der Waals surface area contributed by atoms with Gasteiger partial charge in [-0.25, -0.2) is 4.79 Å². The molecule has 5 atom stereocenters. The topological polar surface area (TPSA) is 89.9 Å². The Balaban J connectivity index is 1.74. The van der Waals surface area contributed by atoms with Gasteiger partial charge in [-0.05, 0) is 31.2 Å². The monoisotopic (exact) mass is 268 g/mol. The Bertz CT molecular complexity index is 400. The number of rotatable bonds is 2. The second kappa shape index (κ2) is 4.76. The molecule has 0 bridgehead atoms. The molecule has 2 heterocycles. The number of aliphatic hydroxyl groups is 1. The maximum absolute atomic E-state index is 12.5. The zero-order chi connectivity index (χ0) is 13.6. The second-order valence-corrected chi connectivity index (χ2v) is 5.97. The highest BCUT2D eigenvalue weighted by Gasteiger charge is 2.47. The molecule has 3 aliphatic rings. The first-order chi connectivity index (χ1) is 9.08. The van der Waals surface area contributed by atoms with E-state index in [9.17, 15) is 14.7 Å². The fourth-order valence-electron chi connectivity index (χ4n) is 3.93. The van der Waals surface area contributed by atoms with E-state index in [1.165, 1.54) is 4.90 Å². The minimum absolute atomic E-state index is 0.140. The summed E-state index contributed by atoms with van der Waals surface area (Å²) >= 11 is 0. The Morgan fingerprint density at radius 3 is 2.79 bits per heavy atom. The van der Waals surface area contributed by atoms with Gasteiger partial charge in [0.05, 0.1) is 12.1 Å². The first kappa shape index (κ1) is 12.9. The maximum Gasteiger partial charge on any atom is 0.326 e. The van der Waals surface area contributed by atoms with Gasteiger partial charge in [0.25, 0.3) is 0 Å². The van der Waals surface area contributed by atoms with Crippen molar-refractivity contribution in [3.8, 4) is 0 Å². The van der Waals surface area contributed by atoms with Crippen molar-refractivity contribution in [2.24, 2.45) is 11.8 Å². The Morgan fingerprint density at radius 2 is 2.05 bits per heavy atom. The van der Waals surface area contributed by atoms with E-state index in [1.807, 2.05) is 0 Å². The molecule has 3 fully saturated rings. The largest absolute Gasteiger partial charge is 0.480 e. The zero-order valence-electron chi connectivity index (χ0n) is 10.8. The summed E-state index contributed by atoms with van der Waals surface area (Å²) in [5, 5.41) is 22.0. The summed E-state index contributed by atoms with van der Waals surface area (Å²) in [5.41, 5.74) is 0. The molecule has 6 heteroatoms. The number of β-amino-alcohol motifs (C(OH)–C–C–N with tert-alkyl or cyclic N) is 1.